The van der Waals surface area contributed by atoms with E-state index >= 15 is 0 Å². The van der Waals surface area contributed by atoms with Crippen molar-refractivity contribution >= 4 is 21.5 Å². The average Bonchev–Trinajstić information content (AvgIpc) is 2.85. The van der Waals surface area contributed by atoms with Gasteiger partial charge in [0, 0.05) is 32.4 Å². The molecule has 1 aliphatic rings. The van der Waals surface area contributed by atoms with Crippen molar-refractivity contribution in [1.29, 1.82) is 0 Å². The lowest BCUT2D eigenvalue weighted by Crippen LogP contribution is -2.45. The Balaban J connectivity index is 0.000000409. The van der Waals surface area contributed by atoms with Crippen molar-refractivity contribution in [2.24, 2.45) is 0 Å². The van der Waals surface area contributed by atoms with Gasteiger partial charge in [0.25, 0.3) is 10.0 Å². The Morgan fingerprint density at radius 3 is 2.53 bits per heavy atom. The lowest BCUT2D eigenvalue weighted by atomic mass is 10.0. The summed E-state index contributed by atoms with van der Waals surface area (Å²) in [6.45, 7) is 3.78. The molecule has 0 bridgehead atoms. The third-order valence-electron chi connectivity index (χ3n) is 5.77. The number of hydrogen-bond donors (Lipinski definition) is 1. The third-order valence-corrected chi connectivity index (χ3v) is 7.16. The van der Waals surface area contributed by atoms with Crippen molar-refractivity contribution in [1.82, 2.24) is 14.9 Å². The first-order valence-corrected chi connectivity index (χ1v) is 12.8. The lowest BCUT2D eigenvalue weighted by molar-refractivity contribution is 0.258. The normalized spacial score (nSPS) is 16.0. The predicted molar refractivity (Wildman–Crippen MR) is 136 cm³/mol. The minimum Gasteiger partial charge on any atom is -0.370 e. The second-order valence-electron chi connectivity index (χ2n) is 8.36. The van der Waals surface area contributed by atoms with Gasteiger partial charge in [-0.2, -0.15) is 0 Å². The number of nitrogens with zero attached hydrogens (tertiary/aromatic N) is 4. The number of hydrogen-bond acceptors (Lipinski definition) is 6. The number of piperidine rings is 1. The van der Waals surface area contributed by atoms with E-state index in [0.717, 1.165) is 32.4 Å². The van der Waals surface area contributed by atoms with Gasteiger partial charge in [-0.25, -0.2) is 22.8 Å². The smallest absolute Gasteiger partial charge is 0.265 e. The molecule has 7 nitrogen and oxygen atoms in total. The molecular weight excluding hydrogens is 453 g/mol. The van der Waals surface area contributed by atoms with Crippen molar-refractivity contribution in [3.8, 4) is 0 Å². The summed E-state index contributed by atoms with van der Waals surface area (Å²) in [5, 5.41) is 0. The summed E-state index contributed by atoms with van der Waals surface area (Å²) in [6, 6.07) is 16.5. The van der Waals surface area contributed by atoms with E-state index < -0.39 is 20.7 Å². The monoisotopic (exact) mass is 487 g/mol. The van der Waals surface area contributed by atoms with Crippen molar-refractivity contribution in [3.63, 3.8) is 0 Å². The van der Waals surface area contributed by atoms with Crippen LogP contribution in [-0.4, -0.2) is 56.5 Å². The highest BCUT2D eigenvalue weighted by molar-refractivity contribution is 7.92. The Hall–Kier alpha value is -3.04. The van der Waals surface area contributed by atoms with Crippen molar-refractivity contribution in [2.45, 2.75) is 37.1 Å². The molecule has 1 unspecified atom stereocenters. The highest BCUT2D eigenvalue weighted by Gasteiger charge is 2.24. The number of sulfonamides is 1. The molecule has 1 N–H and O–H groups in total. The van der Waals surface area contributed by atoms with E-state index in [-0.39, 0.29) is 7.24 Å². The molecule has 9 heteroatoms. The number of anilines is 2. The summed E-state index contributed by atoms with van der Waals surface area (Å²) in [6.07, 6.45) is 5.87. The van der Waals surface area contributed by atoms with Crippen molar-refractivity contribution in [2.75, 3.05) is 36.8 Å². The Labute approximate surface area is 203 Å². The van der Waals surface area contributed by atoms with E-state index in [9.17, 15) is 12.8 Å². The van der Waals surface area contributed by atoms with Crippen LogP contribution in [-0.2, 0) is 16.4 Å². The Kier molecular flexibility index (Phi) is 8.95. The van der Waals surface area contributed by atoms with Crippen LogP contribution < -0.4 is 9.62 Å². The molecule has 0 saturated carbocycles. The van der Waals surface area contributed by atoms with E-state index in [1.165, 1.54) is 36.3 Å². The van der Waals surface area contributed by atoms with Crippen LogP contribution in [0.1, 0.15) is 26.8 Å². The molecule has 0 spiro atoms. The molecule has 2 heterocycles. The highest BCUT2D eigenvalue weighted by atomic mass is 32.2. The molecule has 0 aliphatic carbocycles. The first kappa shape index (κ1) is 25.6. The van der Waals surface area contributed by atoms with E-state index in [1.807, 2.05) is 20.2 Å². The van der Waals surface area contributed by atoms with Gasteiger partial charge in [0.2, 0.25) is 0 Å². The zero-order valence-electron chi connectivity index (χ0n) is 19.9. The average molecular weight is 488 g/mol. The molecule has 1 aliphatic heterocycles. The van der Waals surface area contributed by atoms with Crippen LogP contribution in [0.25, 0.3) is 0 Å². The fraction of sp³-hybridized carbons (Fsp3) is 0.360. The van der Waals surface area contributed by atoms with Crippen LogP contribution in [0.15, 0.2) is 72.0 Å². The number of rotatable bonds is 6. The maximum atomic E-state index is 14.6. The predicted octanol–water partition coefficient (Wildman–Crippen LogP) is 4.44. The van der Waals surface area contributed by atoms with Gasteiger partial charge < -0.3 is 9.80 Å². The maximum absolute atomic E-state index is 14.6. The largest absolute Gasteiger partial charge is 0.370 e. The fourth-order valence-corrected chi connectivity index (χ4v) is 4.84. The van der Waals surface area contributed by atoms with E-state index in [4.69, 9.17) is 0 Å². The summed E-state index contributed by atoms with van der Waals surface area (Å²) in [5.74, 6) is -0.690. The molecule has 2 aromatic carbocycles. The number of nitrogens with one attached hydrogen (secondary N) is 1. The number of aromatic nitrogens is 2. The molecule has 1 aromatic heterocycles. The van der Waals surface area contributed by atoms with Crippen LogP contribution in [0.3, 0.4) is 0 Å². The second-order valence-corrected chi connectivity index (χ2v) is 10.0. The van der Waals surface area contributed by atoms with Gasteiger partial charge in [0.05, 0.1) is 0 Å². The lowest BCUT2D eigenvalue weighted by Gasteiger charge is -2.37. The number of aryl methyl sites for hydroxylation is 1. The summed E-state index contributed by atoms with van der Waals surface area (Å²) in [7, 11) is 0.00424. The van der Waals surface area contributed by atoms with Crippen LogP contribution in [0, 0.1) is 5.82 Å². The van der Waals surface area contributed by atoms with Crippen LogP contribution in [0.4, 0.5) is 15.9 Å². The molecular formula is C25H34FN5O2S. The van der Waals surface area contributed by atoms with Crippen molar-refractivity contribution < 1.29 is 14.2 Å². The van der Waals surface area contributed by atoms with Crippen molar-refractivity contribution in [3.05, 3.63) is 78.5 Å². The van der Waals surface area contributed by atoms with Gasteiger partial charge in [0.15, 0.2) is 0 Å². The standard InChI is InChI=1S/C17H22FN5O2S.C8H10.H2/c1-22(2)14-4-3-9-23(11-14)13-5-6-16(15(18)10-13)26(24,25)21-17-7-8-19-12-20-17;1-2-8-6-4-3-5-7-8;/h5-8,10,12,14H,3-4,9,11H2,1-2H3,(H,19,20,21);3-7H,2H2,1H3;1H. The van der Waals surface area contributed by atoms with Gasteiger partial charge in [-0.1, -0.05) is 37.3 Å². The quantitative estimate of drug-likeness (QED) is 0.554. The van der Waals surface area contributed by atoms with Gasteiger partial charge in [-0.05, 0) is 63.2 Å². The molecule has 0 radical (unpaired) electrons. The first-order chi connectivity index (χ1) is 16.3. The molecule has 1 fully saturated rings. The summed E-state index contributed by atoms with van der Waals surface area (Å²) >= 11 is 0. The molecule has 0 amide bonds. The van der Waals surface area contributed by atoms with Gasteiger partial charge >= 0.3 is 0 Å². The minimum absolute atomic E-state index is 0. The maximum Gasteiger partial charge on any atom is 0.265 e. The molecule has 4 rings (SSSR count). The Bertz CT molecular complexity index is 1150. The van der Waals surface area contributed by atoms with E-state index in [0.29, 0.717) is 11.7 Å². The molecule has 34 heavy (non-hydrogen) atoms. The van der Waals surface area contributed by atoms with Crippen LogP contribution in [0.2, 0.25) is 0 Å². The topological polar surface area (TPSA) is 78.4 Å². The number of likely N-dealkylation sites (N-methyl/N-ethyl adjacent to an activating group) is 1. The molecule has 1 saturated heterocycles. The summed E-state index contributed by atoms with van der Waals surface area (Å²) < 4.78 is 41.7. The SMILES string of the molecule is CCc1ccccc1.CN(C)C1CCCN(c2ccc(S(=O)(=O)Nc3ccncn3)c(F)c2)C1.[HH]. The number of benzene rings is 2. The second kappa shape index (κ2) is 11.9. The first-order valence-electron chi connectivity index (χ1n) is 11.3. The van der Waals surface area contributed by atoms with Gasteiger partial charge in [-0.15, -0.1) is 0 Å². The summed E-state index contributed by atoms with van der Waals surface area (Å²) in [5.41, 5.74) is 2.10. The zero-order chi connectivity index (χ0) is 24.6. The molecule has 184 valence electrons. The highest BCUT2D eigenvalue weighted by Crippen LogP contribution is 2.26. The number of halogens is 1. The fourth-order valence-electron chi connectivity index (χ4n) is 3.77. The molecule has 3 aromatic rings. The van der Waals surface area contributed by atoms with Gasteiger partial charge in [0.1, 0.15) is 22.9 Å². The zero-order valence-corrected chi connectivity index (χ0v) is 20.7. The Morgan fingerprint density at radius 2 is 1.94 bits per heavy atom. The molecule has 1 atom stereocenters. The van der Waals surface area contributed by atoms with Crippen LogP contribution in [0.5, 0.6) is 0 Å². The third kappa shape index (κ3) is 6.98. The van der Waals surface area contributed by atoms with E-state index in [1.54, 1.807) is 6.07 Å². The minimum atomic E-state index is -4.06. The van der Waals surface area contributed by atoms with Gasteiger partial charge in [-0.3, -0.25) is 4.72 Å². The summed E-state index contributed by atoms with van der Waals surface area (Å²) in [4.78, 5) is 11.4. The van der Waals surface area contributed by atoms with Crippen LogP contribution >= 0.6 is 0 Å². The van der Waals surface area contributed by atoms with E-state index in [2.05, 4.69) is 55.7 Å². The Morgan fingerprint density at radius 1 is 1.18 bits per heavy atom.